The van der Waals surface area contributed by atoms with Crippen LogP contribution in [-0.2, 0) is 16.0 Å². The number of carboxylic acids is 1. The molecule has 0 radical (unpaired) electrons. The van der Waals surface area contributed by atoms with Crippen molar-refractivity contribution in [2.24, 2.45) is 0 Å². The van der Waals surface area contributed by atoms with Crippen LogP contribution in [0.2, 0.25) is 0 Å². The number of aliphatic carboxylic acids is 1. The summed E-state index contributed by atoms with van der Waals surface area (Å²) in [5.41, 5.74) is 4.80. The summed E-state index contributed by atoms with van der Waals surface area (Å²) in [7, 11) is 0. The van der Waals surface area contributed by atoms with Crippen LogP contribution in [0.1, 0.15) is 81.7 Å². The van der Waals surface area contributed by atoms with E-state index in [1.54, 1.807) is 0 Å². The lowest BCUT2D eigenvalue weighted by molar-refractivity contribution is -0.160. The fraction of sp³-hybridized carbons (Fsp3) is 0.517. The molecular weight excluding hydrogens is 456 g/mol. The van der Waals surface area contributed by atoms with Gasteiger partial charge in [0.15, 0.2) is 6.10 Å². The van der Waals surface area contributed by atoms with Gasteiger partial charge in [0.05, 0.1) is 12.2 Å². The molecule has 1 aliphatic heterocycles. The first kappa shape index (κ1) is 27.5. The van der Waals surface area contributed by atoms with E-state index in [1.165, 1.54) is 0 Å². The topological polar surface area (TPSA) is 96.9 Å². The minimum absolute atomic E-state index is 0.304. The molecule has 0 spiro atoms. The average molecular weight is 497 g/mol. The summed E-state index contributed by atoms with van der Waals surface area (Å²) in [5, 5.41) is 16.1. The van der Waals surface area contributed by atoms with E-state index in [2.05, 4.69) is 23.6 Å². The van der Waals surface area contributed by atoms with Gasteiger partial charge >= 0.3 is 12.0 Å². The van der Waals surface area contributed by atoms with Gasteiger partial charge < -0.3 is 25.2 Å². The molecule has 0 saturated heterocycles. The summed E-state index contributed by atoms with van der Waals surface area (Å²) in [6.07, 6.45) is 3.69. The van der Waals surface area contributed by atoms with Crippen LogP contribution < -0.4 is 15.4 Å². The van der Waals surface area contributed by atoms with E-state index < -0.39 is 17.7 Å². The number of hydrogen-bond donors (Lipinski definition) is 3. The molecule has 1 heterocycles. The smallest absolute Gasteiger partial charge is 0.337 e. The molecule has 36 heavy (non-hydrogen) atoms. The van der Waals surface area contributed by atoms with Crippen LogP contribution in [0, 0.1) is 13.8 Å². The van der Waals surface area contributed by atoms with Crippen LogP contribution in [0.25, 0.3) is 11.1 Å². The third kappa shape index (κ3) is 6.78. The van der Waals surface area contributed by atoms with Gasteiger partial charge in [-0.2, -0.15) is 0 Å². The van der Waals surface area contributed by atoms with E-state index in [9.17, 15) is 14.7 Å². The van der Waals surface area contributed by atoms with Crippen molar-refractivity contribution in [2.75, 3.05) is 18.5 Å². The zero-order valence-electron chi connectivity index (χ0n) is 22.4. The molecule has 2 aromatic rings. The number of aryl methyl sites for hydroxylation is 2. The van der Waals surface area contributed by atoms with Gasteiger partial charge in [-0.05, 0) is 99.9 Å². The monoisotopic (exact) mass is 496 g/mol. The third-order valence-corrected chi connectivity index (χ3v) is 6.30. The molecule has 1 unspecified atom stereocenters. The Balaban J connectivity index is 2.11. The maximum atomic E-state index is 12.6. The number of carbonyl (C=O) groups is 2. The molecule has 0 saturated carbocycles. The molecule has 1 atom stereocenters. The number of amides is 2. The lowest BCUT2D eigenvalue weighted by atomic mass is 9.86. The number of hydrogen-bond acceptors (Lipinski definition) is 4. The van der Waals surface area contributed by atoms with Gasteiger partial charge in [-0.25, -0.2) is 9.59 Å². The van der Waals surface area contributed by atoms with Crippen molar-refractivity contribution in [3.8, 4) is 16.9 Å². The summed E-state index contributed by atoms with van der Waals surface area (Å²) in [6, 6.07) is 7.62. The van der Waals surface area contributed by atoms with Crippen LogP contribution >= 0.6 is 0 Å². The Labute approximate surface area is 214 Å². The standard InChI is InChI=1S/C29H40N2O5/c1-7-8-9-14-30-28(34)31-22-16-18(2)24(21-12-13-23-20(17-21)11-10-15-35-23)25(19(22)3)26(27(32)33)36-29(4,5)6/h12-13,16-17,26H,7-11,14-15H2,1-6H3,(H,32,33)(H2,30,31,34). The predicted octanol–water partition coefficient (Wildman–Crippen LogP) is 6.55. The molecule has 0 aliphatic carbocycles. The molecule has 2 amide bonds. The van der Waals surface area contributed by atoms with Crippen LogP contribution in [0.5, 0.6) is 5.75 Å². The molecule has 0 aromatic heterocycles. The van der Waals surface area contributed by atoms with E-state index in [4.69, 9.17) is 9.47 Å². The van der Waals surface area contributed by atoms with Crippen molar-refractivity contribution >= 4 is 17.7 Å². The van der Waals surface area contributed by atoms with E-state index in [0.29, 0.717) is 30.0 Å². The van der Waals surface area contributed by atoms with Crippen molar-refractivity contribution in [1.82, 2.24) is 5.32 Å². The Bertz CT molecular complexity index is 1100. The summed E-state index contributed by atoms with van der Waals surface area (Å²) >= 11 is 0. The predicted molar refractivity (Wildman–Crippen MR) is 143 cm³/mol. The van der Waals surface area contributed by atoms with Crippen LogP contribution in [0.3, 0.4) is 0 Å². The molecule has 0 bridgehead atoms. The highest BCUT2D eigenvalue weighted by Gasteiger charge is 2.32. The zero-order valence-corrected chi connectivity index (χ0v) is 22.4. The number of anilines is 1. The average Bonchev–Trinajstić information content (AvgIpc) is 2.81. The van der Waals surface area contributed by atoms with E-state index >= 15 is 0 Å². The fourth-order valence-electron chi connectivity index (χ4n) is 4.63. The molecule has 2 aromatic carbocycles. The van der Waals surface area contributed by atoms with E-state index in [1.807, 2.05) is 52.8 Å². The Morgan fingerprint density at radius 1 is 1.17 bits per heavy atom. The normalized spacial score (nSPS) is 13.9. The maximum Gasteiger partial charge on any atom is 0.337 e. The van der Waals surface area contributed by atoms with E-state index in [0.717, 1.165) is 60.1 Å². The van der Waals surface area contributed by atoms with Gasteiger partial charge in [-0.3, -0.25) is 0 Å². The van der Waals surface area contributed by atoms with Crippen molar-refractivity contribution in [2.45, 2.75) is 85.4 Å². The first-order valence-electron chi connectivity index (χ1n) is 12.9. The quantitative estimate of drug-likeness (QED) is 0.342. The van der Waals surface area contributed by atoms with Gasteiger partial charge in [-0.1, -0.05) is 25.8 Å². The van der Waals surface area contributed by atoms with Gasteiger partial charge in [-0.15, -0.1) is 0 Å². The van der Waals surface area contributed by atoms with Crippen molar-refractivity contribution in [3.05, 3.63) is 46.5 Å². The number of unbranched alkanes of at least 4 members (excludes halogenated alkanes) is 2. The third-order valence-electron chi connectivity index (χ3n) is 6.30. The second-order valence-electron chi connectivity index (χ2n) is 10.5. The molecular formula is C29H40N2O5. The Morgan fingerprint density at radius 2 is 1.92 bits per heavy atom. The Hall–Kier alpha value is -3.06. The maximum absolute atomic E-state index is 12.6. The van der Waals surface area contributed by atoms with Crippen LogP contribution in [0.4, 0.5) is 10.5 Å². The molecule has 7 nitrogen and oxygen atoms in total. The lowest BCUT2D eigenvalue weighted by Crippen LogP contribution is -2.31. The number of nitrogens with one attached hydrogen (secondary N) is 2. The number of urea groups is 1. The van der Waals surface area contributed by atoms with Crippen LogP contribution in [0.15, 0.2) is 24.3 Å². The minimum Gasteiger partial charge on any atom is -0.493 e. The molecule has 3 rings (SSSR count). The largest absolute Gasteiger partial charge is 0.493 e. The SMILES string of the molecule is CCCCCNC(=O)Nc1cc(C)c(-c2ccc3c(c2)CCCO3)c(C(OC(C)(C)C)C(=O)O)c1C. The van der Waals surface area contributed by atoms with Gasteiger partial charge in [0.1, 0.15) is 5.75 Å². The Morgan fingerprint density at radius 3 is 2.58 bits per heavy atom. The van der Waals surface area contributed by atoms with E-state index in [-0.39, 0.29) is 6.03 Å². The summed E-state index contributed by atoms with van der Waals surface area (Å²) in [5.74, 6) is -0.198. The first-order valence-corrected chi connectivity index (χ1v) is 12.9. The van der Waals surface area contributed by atoms with Gasteiger partial charge in [0.25, 0.3) is 0 Å². The number of rotatable bonds is 9. The zero-order chi connectivity index (χ0) is 26.5. The van der Waals surface area contributed by atoms with Gasteiger partial charge in [0, 0.05) is 17.8 Å². The van der Waals surface area contributed by atoms with Crippen LogP contribution in [-0.4, -0.2) is 35.9 Å². The molecule has 196 valence electrons. The van der Waals surface area contributed by atoms with Gasteiger partial charge in [0.2, 0.25) is 0 Å². The molecule has 1 aliphatic rings. The lowest BCUT2D eigenvalue weighted by Gasteiger charge is -2.30. The van der Waals surface area contributed by atoms with Crippen molar-refractivity contribution < 1.29 is 24.2 Å². The minimum atomic E-state index is -1.21. The fourth-order valence-corrected chi connectivity index (χ4v) is 4.63. The number of fused-ring (bicyclic) bond motifs is 1. The second-order valence-corrected chi connectivity index (χ2v) is 10.5. The highest BCUT2D eigenvalue weighted by Crippen LogP contribution is 2.42. The Kier molecular flexibility index (Phi) is 9.01. The highest BCUT2D eigenvalue weighted by atomic mass is 16.5. The summed E-state index contributed by atoms with van der Waals surface area (Å²) in [6.45, 7) is 12.7. The number of carboxylic acid groups (broad SMARTS) is 1. The molecule has 0 fully saturated rings. The second kappa shape index (κ2) is 11.8. The number of benzene rings is 2. The van der Waals surface area contributed by atoms with Crippen molar-refractivity contribution in [1.29, 1.82) is 0 Å². The molecule has 7 heteroatoms. The number of ether oxygens (including phenoxy) is 2. The first-order chi connectivity index (χ1) is 17.0. The number of carbonyl (C=O) groups excluding carboxylic acids is 1. The highest BCUT2D eigenvalue weighted by molar-refractivity contribution is 5.93. The summed E-state index contributed by atoms with van der Waals surface area (Å²) in [4.78, 5) is 25.2. The van der Waals surface area contributed by atoms with Crippen molar-refractivity contribution in [3.63, 3.8) is 0 Å². The molecule has 3 N–H and O–H groups in total. The summed E-state index contributed by atoms with van der Waals surface area (Å²) < 4.78 is 11.9.